The lowest BCUT2D eigenvalue weighted by Gasteiger charge is -2.10. The van der Waals surface area contributed by atoms with E-state index < -0.39 is 5.97 Å². The van der Waals surface area contributed by atoms with Crippen LogP contribution in [0, 0.1) is 6.92 Å². The SMILES string of the molecule is COC(=O)c1cc(C(=O)c2ccc(OC)cc2OC)n2ccc(C)cc12. The van der Waals surface area contributed by atoms with Crippen molar-refractivity contribution in [1.82, 2.24) is 4.40 Å². The molecule has 0 atom stereocenters. The second-order valence-electron chi connectivity index (χ2n) is 5.79. The lowest BCUT2D eigenvalue weighted by Crippen LogP contribution is -2.07. The van der Waals surface area contributed by atoms with Crippen molar-refractivity contribution >= 4 is 17.3 Å². The third-order valence-corrected chi connectivity index (χ3v) is 4.22. The van der Waals surface area contributed by atoms with Gasteiger partial charge in [-0.2, -0.15) is 0 Å². The van der Waals surface area contributed by atoms with Crippen LogP contribution < -0.4 is 9.47 Å². The first-order chi connectivity index (χ1) is 12.5. The average Bonchev–Trinajstić information content (AvgIpc) is 3.04. The molecule has 0 saturated heterocycles. The van der Waals surface area contributed by atoms with Gasteiger partial charge in [-0.25, -0.2) is 4.79 Å². The van der Waals surface area contributed by atoms with Crippen LogP contribution in [0.1, 0.15) is 32.0 Å². The van der Waals surface area contributed by atoms with E-state index >= 15 is 0 Å². The van der Waals surface area contributed by atoms with Gasteiger partial charge in [0.1, 0.15) is 11.5 Å². The minimum atomic E-state index is -0.492. The number of aryl methyl sites for hydroxylation is 1. The number of carbonyl (C=O) groups excluding carboxylic acids is 2. The van der Waals surface area contributed by atoms with Crippen molar-refractivity contribution in [3.8, 4) is 11.5 Å². The fourth-order valence-corrected chi connectivity index (χ4v) is 2.88. The molecule has 1 aromatic carbocycles. The molecule has 0 bridgehead atoms. The Morgan fingerprint density at radius 3 is 2.35 bits per heavy atom. The largest absolute Gasteiger partial charge is 0.497 e. The Morgan fingerprint density at radius 2 is 1.69 bits per heavy atom. The number of ketones is 1. The number of hydrogen-bond donors (Lipinski definition) is 0. The number of ether oxygens (including phenoxy) is 3. The van der Waals surface area contributed by atoms with Gasteiger partial charge in [0.2, 0.25) is 5.78 Å². The number of esters is 1. The molecule has 0 aliphatic heterocycles. The van der Waals surface area contributed by atoms with Crippen LogP contribution in [0.15, 0.2) is 42.6 Å². The Bertz CT molecular complexity index is 1000. The van der Waals surface area contributed by atoms with Gasteiger partial charge in [0.15, 0.2) is 0 Å². The highest BCUT2D eigenvalue weighted by atomic mass is 16.5. The highest BCUT2D eigenvalue weighted by Gasteiger charge is 2.23. The molecule has 134 valence electrons. The van der Waals surface area contributed by atoms with Crippen molar-refractivity contribution in [2.75, 3.05) is 21.3 Å². The van der Waals surface area contributed by atoms with Gasteiger partial charge in [0, 0.05) is 12.3 Å². The molecule has 0 saturated carbocycles. The van der Waals surface area contributed by atoms with E-state index in [9.17, 15) is 9.59 Å². The first-order valence-electron chi connectivity index (χ1n) is 7.97. The molecule has 0 amide bonds. The van der Waals surface area contributed by atoms with E-state index in [1.54, 1.807) is 42.0 Å². The molecule has 6 nitrogen and oxygen atoms in total. The van der Waals surface area contributed by atoms with Gasteiger partial charge < -0.3 is 18.6 Å². The first kappa shape index (κ1) is 17.5. The molecule has 3 rings (SSSR count). The molecule has 2 aromatic heterocycles. The summed E-state index contributed by atoms with van der Waals surface area (Å²) in [7, 11) is 4.35. The summed E-state index contributed by atoms with van der Waals surface area (Å²) in [6, 6.07) is 10.2. The van der Waals surface area contributed by atoms with Gasteiger partial charge >= 0.3 is 5.97 Å². The summed E-state index contributed by atoms with van der Waals surface area (Å²) >= 11 is 0. The predicted molar refractivity (Wildman–Crippen MR) is 96.5 cm³/mol. The summed E-state index contributed by atoms with van der Waals surface area (Å²) in [6.45, 7) is 1.92. The lowest BCUT2D eigenvalue weighted by atomic mass is 10.1. The van der Waals surface area contributed by atoms with Crippen LogP contribution in [0.2, 0.25) is 0 Å². The molecule has 0 aliphatic carbocycles. The van der Waals surface area contributed by atoms with Crippen LogP contribution in [0.25, 0.3) is 5.52 Å². The summed E-state index contributed by atoms with van der Waals surface area (Å²) in [5, 5.41) is 0. The van der Waals surface area contributed by atoms with Gasteiger partial charge in [-0.15, -0.1) is 0 Å². The third kappa shape index (κ3) is 2.90. The number of methoxy groups -OCH3 is 3. The molecule has 0 N–H and O–H groups in total. The van der Waals surface area contributed by atoms with Crippen LogP contribution in [0.3, 0.4) is 0 Å². The van der Waals surface area contributed by atoms with Crippen LogP contribution in [-0.4, -0.2) is 37.5 Å². The van der Waals surface area contributed by atoms with Crippen molar-refractivity contribution in [3.05, 3.63) is 65.0 Å². The van der Waals surface area contributed by atoms with Crippen LogP contribution in [-0.2, 0) is 4.74 Å². The molecule has 6 heteroatoms. The number of hydrogen-bond acceptors (Lipinski definition) is 5. The Morgan fingerprint density at radius 1 is 0.923 bits per heavy atom. The molecule has 3 aromatic rings. The summed E-state index contributed by atoms with van der Waals surface area (Å²) < 4.78 is 17.0. The molecule has 0 aliphatic rings. The number of pyridine rings is 1. The van der Waals surface area contributed by atoms with E-state index in [1.165, 1.54) is 14.2 Å². The van der Waals surface area contributed by atoms with E-state index in [-0.39, 0.29) is 5.78 Å². The van der Waals surface area contributed by atoms with Gasteiger partial charge in [-0.1, -0.05) is 0 Å². The Hall–Kier alpha value is -3.28. The second kappa shape index (κ2) is 6.92. The quantitative estimate of drug-likeness (QED) is 0.520. The number of carbonyl (C=O) groups is 2. The molecule has 26 heavy (non-hydrogen) atoms. The monoisotopic (exact) mass is 353 g/mol. The van der Waals surface area contributed by atoms with Gasteiger partial charge in [-0.05, 0) is 42.8 Å². The van der Waals surface area contributed by atoms with E-state index in [0.717, 1.165) is 5.56 Å². The van der Waals surface area contributed by atoms with Crippen molar-refractivity contribution in [3.63, 3.8) is 0 Å². The smallest absolute Gasteiger partial charge is 0.340 e. The van der Waals surface area contributed by atoms with Crippen molar-refractivity contribution in [1.29, 1.82) is 0 Å². The fourth-order valence-electron chi connectivity index (χ4n) is 2.88. The highest BCUT2D eigenvalue weighted by Crippen LogP contribution is 2.28. The van der Waals surface area contributed by atoms with Crippen molar-refractivity contribution in [2.24, 2.45) is 0 Å². The van der Waals surface area contributed by atoms with Crippen LogP contribution in [0.4, 0.5) is 0 Å². The van der Waals surface area contributed by atoms with E-state index in [0.29, 0.717) is 33.8 Å². The molecule has 0 radical (unpaired) electrons. The zero-order chi connectivity index (χ0) is 18.8. The van der Waals surface area contributed by atoms with Gasteiger partial charge in [0.05, 0.1) is 43.7 Å². The van der Waals surface area contributed by atoms with Gasteiger partial charge in [-0.3, -0.25) is 4.79 Å². The van der Waals surface area contributed by atoms with Crippen molar-refractivity contribution < 1.29 is 23.8 Å². The van der Waals surface area contributed by atoms with Crippen molar-refractivity contribution in [2.45, 2.75) is 6.92 Å². The summed E-state index contributed by atoms with van der Waals surface area (Å²) in [4.78, 5) is 25.3. The maximum Gasteiger partial charge on any atom is 0.340 e. The van der Waals surface area contributed by atoms with E-state index in [2.05, 4.69) is 0 Å². The molecular formula is C20H19NO5. The Kier molecular flexibility index (Phi) is 4.67. The first-order valence-corrected chi connectivity index (χ1v) is 7.97. The summed E-state index contributed by atoms with van der Waals surface area (Å²) in [6.07, 6.45) is 1.76. The molecule has 0 unspecified atom stereocenters. The normalized spacial score (nSPS) is 10.6. The fraction of sp³-hybridized carbons (Fsp3) is 0.200. The molecule has 0 fully saturated rings. The number of nitrogens with zero attached hydrogens (tertiary/aromatic N) is 1. The number of rotatable bonds is 5. The number of fused-ring (bicyclic) bond motifs is 1. The third-order valence-electron chi connectivity index (χ3n) is 4.22. The number of benzene rings is 1. The molecular weight excluding hydrogens is 334 g/mol. The zero-order valence-electron chi connectivity index (χ0n) is 15.0. The number of aromatic nitrogens is 1. The maximum absolute atomic E-state index is 13.2. The minimum absolute atomic E-state index is 0.265. The van der Waals surface area contributed by atoms with E-state index in [1.807, 2.05) is 19.1 Å². The Labute approximate surface area is 150 Å². The second-order valence-corrected chi connectivity index (χ2v) is 5.79. The van der Waals surface area contributed by atoms with Gasteiger partial charge in [0.25, 0.3) is 0 Å². The van der Waals surface area contributed by atoms with Crippen LogP contribution >= 0.6 is 0 Å². The maximum atomic E-state index is 13.2. The minimum Gasteiger partial charge on any atom is -0.497 e. The Balaban J connectivity index is 2.19. The summed E-state index contributed by atoms with van der Waals surface area (Å²) in [5.74, 6) is 0.229. The lowest BCUT2D eigenvalue weighted by molar-refractivity contribution is 0.0603. The average molecular weight is 353 g/mol. The summed E-state index contributed by atoms with van der Waals surface area (Å²) in [5.41, 5.74) is 2.66. The standard InChI is InChI=1S/C20H19NO5/c1-12-7-8-21-16(9-12)15(20(23)26-4)11-17(21)19(22)14-6-5-13(24-2)10-18(14)25-3/h5-11H,1-4H3. The molecule has 0 spiro atoms. The van der Waals surface area contributed by atoms with E-state index in [4.69, 9.17) is 14.2 Å². The topological polar surface area (TPSA) is 66.2 Å². The molecule has 2 heterocycles. The zero-order valence-corrected chi connectivity index (χ0v) is 15.0. The highest BCUT2D eigenvalue weighted by molar-refractivity contribution is 6.12. The predicted octanol–water partition coefficient (Wildman–Crippen LogP) is 3.28. The van der Waals surface area contributed by atoms with Crippen LogP contribution in [0.5, 0.6) is 11.5 Å².